The van der Waals surface area contributed by atoms with Crippen LogP contribution in [0.3, 0.4) is 0 Å². The molecule has 0 saturated carbocycles. The molecule has 4 N–H and O–H groups in total. The van der Waals surface area contributed by atoms with Gasteiger partial charge in [0.15, 0.2) is 5.71 Å². The standard InChI is InChI=1S/C55H71ClN5O14PS4/c1-38(2)61(39(3)4)76(30-16-25-57)75-29-12-11-28-74-43-18-15-17-41(33-43)40(19-23-50-54(5,6)47-34-42(56)37-59(53(47)58-50)26-9-13-31-77(62,63)64)20-24-51-55(7,8)52-46-35-44(79(68,69)70)36-49(80(71,72)73)45(46)21-22-48(52)60(51)27-10-14-32-78(65,66)67/h15,17-24,33-39H,9-14,16,26-32H2,1-8H3,(H3-,62,63,64,65,66,67,68,69,70,71,72,73)/p+1. The van der Waals surface area contributed by atoms with E-state index in [0.29, 0.717) is 96.1 Å². The molecule has 0 aliphatic carbocycles. The molecule has 0 bridgehead atoms. The summed E-state index contributed by atoms with van der Waals surface area (Å²) >= 11 is 6.66. The van der Waals surface area contributed by atoms with Crippen molar-refractivity contribution in [2.75, 3.05) is 42.3 Å². The van der Waals surface area contributed by atoms with Crippen LogP contribution in [0.5, 0.6) is 5.75 Å². The zero-order valence-electron chi connectivity index (χ0n) is 46.2. The lowest BCUT2D eigenvalue weighted by Gasteiger charge is -2.37. The van der Waals surface area contributed by atoms with E-state index in [9.17, 15) is 57.1 Å². The summed E-state index contributed by atoms with van der Waals surface area (Å²) in [5.74, 6) is 0.322. The predicted octanol–water partition coefficient (Wildman–Crippen LogP) is 10.8. The molecule has 19 nitrogen and oxygen atoms in total. The summed E-state index contributed by atoms with van der Waals surface area (Å²) in [5.41, 5.74) is 2.73. The number of ether oxygens (including phenoxy) is 1. The summed E-state index contributed by atoms with van der Waals surface area (Å²) in [6.45, 7) is 17.7. The van der Waals surface area contributed by atoms with Gasteiger partial charge in [0.1, 0.15) is 25.1 Å². The number of allylic oxidation sites excluding steroid dienone is 6. The minimum absolute atomic E-state index is 0.00553. The van der Waals surface area contributed by atoms with Crippen molar-refractivity contribution in [3.8, 4) is 11.8 Å². The lowest BCUT2D eigenvalue weighted by molar-refractivity contribution is -0.684. The SMILES string of the molecule is CC(C)N(C(C)C)P(CCC#N)OCCCCOc1cccc(C(=C\C=C2/N(CCCCS(=O)(=O)O)c3ccc4c(S(=O)(=O)O)cc(S(=O)(=O)O)cc4c3C2(C)C)/C=C/C2=Nc3c(cc(Cl)c[n+]3CCCCS(=O)(=O)O)C2(C)C)c1. The minimum atomic E-state index is -5.03. The Morgan fingerprint density at radius 1 is 0.825 bits per heavy atom. The number of nitrogens with zero attached hydrogens (tertiary/aromatic N) is 5. The highest BCUT2D eigenvalue weighted by Crippen LogP contribution is 2.52. The van der Waals surface area contributed by atoms with Gasteiger partial charge in [0.25, 0.3) is 40.5 Å². The highest BCUT2D eigenvalue weighted by atomic mass is 35.5. The fraction of sp³-hybridized carbons (Fsp3) is 0.473. The summed E-state index contributed by atoms with van der Waals surface area (Å²) < 4.78 is 154. The number of aryl methyl sites for hydroxylation is 1. The van der Waals surface area contributed by atoms with Gasteiger partial charge in [-0.15, -0.1) is 0 Å². The molecule has 4 aromatic rings. The molecule has 0 saturated heterocycles. The molecule has 1 unspecified atom stereocenters. The first kappa shape index (κ1) is 64.5. The number of hydrogen-bond acceptors (Lipinski definition) is 14. The maximum absolute atomic E-state index is 12.8. The third kappa shape index (κ3) is 16.3. The van der Waals surface area contributed by atoms with E-state index >= 15 is 0 Å². The van der Waals surface area contributed by atoms with Crippen molar-refractivity contribution >= 4 is 93.9 Å². The van der Waals surface area contributed by atoms with Crippen LogP contribution < -0.4 is 14.2 Å². The van der Waals surface area contributed by atoms with Crippen LogP contribution in [0.15, 0.2) is 106 Å². The molecule has 0 amide bonds. The fourth-order valence-electron chi connectivity index (χ4n) is 10.3. The van der Waals surface area contributed by atoms with Gasteiger partial charge in [-0.2, -0.15) is 38.9 Å². The van der Waals surface area contributed by atoms with Crippen LogP contribution >= 0.6 is 19.9 Å². The van der Waals surface area contributed by atoms with Crippen LogP contribution in [0.2, 0.25) is 5.02 Å². The van der Waals surface area contributed by atoms with Gasteiger partial charge in [-0.05, 0) is 156 Å². The molecular weight excluding hydrogens is 1150 g/mol. The Labute approximate surface area is 477 Å². The molecule has 0 radical (unpaired) electrons. The Hall–Kier alpha value is -4.67. The van der Waals surface area contributed by atoms with E-state index in [2.05, 4.69) is 38.4 Å². The average molecular weight is 1220 g/mol. The van der Waals surface area contributed by atoms with Crippen LogP contribution in [0.1, 0.15) is 117 Å². The molecule has 3 aromatic carbocycles. The van der Waals surface area contributed by atoms with Gasteiger partial charge in [0, 0.05) is 53.4 Å². The number of rotatable bonds is 28. The number of hydrogen-bond donors (Lipinski definition) is 4. The summed E-state index contributed by atoms with van der Waals surface area (Å²) in [6, 6.07) is 17.0. The first-order valence-electron chi connectivity index (χ1n) is 26.2. The molecule has 2 aliphatic rings. The van der Waals surface area contributed by atoms with Gasteiger partial charge in [-0.1, -0.05) is 55.8 Å². The number of nitriles is 1. The van der Waals surface area contributed by atoms with E-state index in [1.165, 1.54) is 6.07 Å². The number of aromatic nitrogens is 1. The largest absolute Gasteiger partial charge is 0.494 e. The van der Waals surface area contributed by atoms with Crippen molar-refractivity contribution in [2.45, 2.75) is 140 Å². The average Bonchev–Trinajstić information content (AvgIpc) is 3.73. The van der Waals surface area contributed by atoms with Crippen molar-refractivity contribution in [3.63, 3.8) is 0 Å². The number of anilines is 1. The second-order valence-electron chi connectivity index (χ2n) is 21.4. The molecule has 0 spiro atoms. The smallest absolute Gasteiger partial charge is 0.327 e. The summed E-state index contributed by atoms with van der Waals surface area (Å²) in [5, 5.41) is 9.89. The molecule has 3 heterocycles. The van der Waals surface area contributed by atoms with Gasteiger partial charge in [-0.25, -0.2) is 4.57 Å². The van der Waals surface area contributed by atoms with Crippen molar-refractivity contribution in [1.82, 2.24) is 4.67 Å². The Kier molecular flexibility index (Phi) is 21.2. The van der Waals surface area contributed by atoms with Crippen LogP contribution in [-0.2, 0) is 62.4 Å². The molecule has 1 atom stereocenters. The summed E-state index contributed by atoms with van der Waals surface area (Å²) in [7, 11) is -19.4. The molecular formula is C55H72ClN5O14PS4+. The third-order valence-corrected chi connectivity index (χ3v) is 20.0. The maximum atomic E-state index is 12.8. The zero-order valence-corrected chi connectivity index (χ0v) is 51.1. The fourth-order valence-corrected chi connectivity index (χ4v) is 15.1. The Morgan fingerprint density at radius 2 is 1.49 bits per heavy atom. The topological polar surface area (TPSA) is 282 Å². The van der Waals surface area contributed by atoms with Gasteiger partial charge in [0.05, 0.1) is 58.2 Å². The van der Waals surface area contributed by atoms with Crippen molar-refractivity contribution < 1.29 is 65.7 Å². The first-order valence-corrected chi connectivity index (χ1v) is 34.1. The molecule has 0 fully saturated rings. The van der Waals surface area contributed by atoms with Crippen molar-refractivity contribution in [3.05, 3.63) is 113 Å². The number of fused-ring (bicyclic) bond motifs is 4. The first-order chi connectivity index (χ1) is 37.2. The lowest BCUT2D eigenvalue weighted by atomic mass is 9.81. The highest BCUT2D eigenvalue weighted by molar-refractivity contribution is 7.87. The molecule has 25 heteroatoms. The Morgan fingerprint density at radius 3 is 2.11 bits per heavy atom. The van der Waals surface area contributed by atoms with Crippen LogP contribution in [0, 0.1) is 11.3 Å². The summed E-state index contributed by atoms with van der Waals surface area (Å²) in [6.07, 6.45) is 12.7. The molecule has 436 valence electrons. The van der Waals surface area contributed by atoms with E-state index in [1.54, 1.807) is 12.3 Å². The number of aliphatic imine (C=N–C) groups is 1. The number of halogens is 1. The van der Waals surface area contributed by atoms with Crippen LogP contribution in [-0.4, -0.2) is 112 Å². The van der Waals surface area contributed by atoms with Gasteiger partial charge in [0.2, 0.25) is 0 Å². The second-order valence-corrected chi connectivity index (χ2v) is 29.6. The van der Waals surface area contributed by atoms with Gasteiger partial charge >= 0.3 is 5.82 Å². The van der Waals surface area contributed by atoms with E-state index in [1.807, 2.05) is 91.8 Å². The zero-order chi connectivity index (χ0) is 59.2. The quantitative estimate of drug-likeness (QED) is 0.0135. The van der Waals surface area contributed by atoms with Crippen LogP contribution in [0.25, 0.3) is 16.3 Å². The van der Waals surface area contributed by atoms with E-state index in [4.69, 9.17) is 25.9 Å². The Bertz CT molecular complexity index is 3590. The van der Waals surface area contributed by atoms with E-state index < -0.39 is 75.1 Å². The molecule has 1 aromatic heterocycles. The third-order valence-electron chi connectivity index (χ3n) is 14.0. The van der Waals surface area contributed by atoms with Crippen molar-refractivity contribution in [1.29, 1.82) is 5.26 Å². The van der Waals surface area contributed by atoms with Gasteiger partial charge < -0.3 is 14.2 Å². The number of unbranched alkanes of at least 4 members (excludes halogenated alkanes) is 3. The highest BCUT2D eigenvalue weighted by Gasteiger charge is 2.44. The second kappa shape index (κ2) is 26.3. The maximum Gasteiger partial charge on any atom is 0.327 e. The summed E-state index contributed by atoms with van der Waals surface area (Å²) in [4.78, 5) is 5.51. The minimum Gasteiger partial charge on any atom is -0.494 e. The van der Waals surface area contributed by atoms with Gasteiger partial charge in [-0.3, -0.25) is 22.9 Å². The Balaban J connectivity index is 1.43. The van der Waals surface area contributed by atoms with Crippen molar-refractivity contribution in [2.24, 2.45) is 4.99 Å². The normalized spacial score (nSPS) is 16.5. The van der Waals surface area contributed by atoms with E-state index in [-0.39, 0.29) is 54.4 Å². The predicted molar refractivity (Wildman–Crippen MR) is 313 cm³/mol. The number of pyridine rings is 1. The molecule has 2 aliphatic heterocycles. The molecule has 6 rings (SSSR count). The monoisotopic (exact) mass is 1220 g/mol. The van der Waals surface area contributed by atoms with E-state index in [0.717, 1.165) is 23.6 Å². The lowest BCUT2D eigenvalue weighted by Crippen LogP contribution is -2.35. The van der Waals surface area contributed by atoms with Crippen LogP contribution in [0.4, 0.5) is 11.5 Å². The number of benzene rings is 3. The molecule has 80 heavy (non-hydrogen) atoms.